The Morgan fingerprint density at radius 2 is 2.17 bits per heavy atom. The summed E-state index contributed by atoms with van der Waals surface area (Å²) in [6.45, 7) is 0.569. The van der Waals surface area contributed by atoms with Gasteiger partial charge in [0.25, 0.3) is 11.8 Å². The molecule has 0 spiro atoms. The zero-order valence-corrected chi connectivity index (χ0v) is 12.7. The highest BCUT2D eigenvalue weighted by molar-refractivity contribution is 6.11. The Kier molecular flexibility index (Phi) is 3.34. The van der Waals surface area contributed by atoms with Crippen molar-refractivity contribution in [3.8, 4) is 0 Å². The normalized spacial score (nSPS) is 19.3. The van der Waals surface area contributed by atoms with Crippen molar-refractivity contribution in [2.45, 2.75) is 18.9 Å². The molecule has 3 heterocycles. The van der Waals surface area contributed by atoms with E-state index >= 15 is 0 Å². The number of benzene rings is 1. The minimum atomic E-state index is -0.411. The highest BCUT2D eigenvalue weighted by atomic mass is 16.3. The lowest BCUT2D eigenvalue weighted by Gasteiger charge is -2.20. The molecule has 0 saturated carbocycles. The van der Waals surface area contributed by atoms with Gasteiger partial charge in [-0.2, -0.15) is 0 Å². The zero-order chi connectivity index (χ0) is 16.7. The molecule has 4 rings (SSSR count). The van der Waals surface area contributed by atoms with Gasteiger partial charge < -0.3 is 20.0 Å². The molecule has 1 unspecified atom stereocenters. The van der Waals surface area contributed by atoms with Crippen molar-refractivity contribution >= 4 is 29.1 Å². The number of hydrogen-bond acceptors (Lipinski definition) is 4. The third-order valence-corrected chi connectivity index (χ3v) is 4.33. The maximum absolute atomic E-state index is 12.7. The molecule has 2 N–H and O–H groups in total. The first kappa shape index (κ1) is 14.5. The molecule has 7 heteroatoms. The molecule has 7 nitrogen and oxygen atoms in total. The van der Waals surface area contributed by atoms with Gasteiger partial charge >= 0.3 is 0 Å². The second kappa shape index (κ2) is 5.52. The molecule has 1 saturated heterocycles. The predicted molar refractivity (Wildman–Crippen MR) is 85.8 cm³/mol. The average molecular weight is 325 g/mol. The number of nitrogens with one attached hydrogen (secondary N) is 2. The third-order valence-electron chi connectivity index (χ3n) is 4.33. The Labute approximate surface area is 137 Å². The number of nitrogens with zero attached hydrogens (tertiary/aromatic N) is 1. The monoisotopic (exact) mass is 325 g/mol. The Bertz CT molecular complexity index is 828. The molecule has 3 amide bonds. The molecule has 2 aliphatic heterocycles. The first-order valence-corrected chi connectivity index (χ1v) is 7.74. The van der Waals surface area contributed by atoms with Crippen molar-refractivity contribution in [2.24, 2.45) is 0 Å². The Morgan fingerprint density at radius 1 is 1.29 bits per heavy atom. The van der Waals surface area contributed by atoms with E-state index in [1.54, 1.807) is 35.2 Å². The highest BCUT2D eigenvalue weighted by Gasteiger charge is 2.38. The minimum absolute atomic E-state index is 0.160. The summed E-state index contributed by atoms with van der Waals surface area (Å²) in [5.74, 6) is -0.569. The van der Waals surface area contributed by atoms with Crippen LogP contribution < -0.4 is 10.6 Å². The summed E-state index contributed by atoms with van der Waals surface area (Å²) in [4.78, 5) is 38.6. The van der Waals surface area contributed by atoms with Crippen molar-refractivity contribution in [1.82, 2.24) is 4.90 Å². The van der Waals surface area contributed by atoms with Gasteiger partial charge in [0.2, 0.25) is 5.91 Å². The van der Waals surface area contributed by atoms with Crippen molar-refractivity contribution < 1.29 is 18.8 Å². The molecule has 2 aliphatic rings. The van der Waals surface area contributed by atoms with Gasteiger partial charge in [-0.05, 0) is 43.2 Å². The second-order valence-corrected chi connectivity index (χ2v) is 5.84. The molecule has 1 aromatic heterocycles. The quantitative estimate of drug-likeness (QED) is 0.884. The summed E-state index contributed by atoms with van der Waals surface area (Å²) < 4.78 is 5.05. The lowest BCUT2D eigenvalue weighted by Crippen LogP contribution is -2.40. The van der Waals surface area contributed by atoms with Gasteiger partial charge in [-0.3, -0.25) is 14.4 Å². The van der Waals surface area contributed by atoms with Gasteiger partial charge in [0.05, 0.1) is 17.5 Å². The Hall–Kier alpha value is -3.09. The molecule has 122 valence electrons. The topological polar surface area (TPSA) is 91.7 Å². The number of anilines is 2. The largest absolute Gasteiger partial charge is 0.459 e. The standard InChI is InChI=1S/C17H15N3O4/c21-15-13-3-1-7-20(13)17(23)11-9-10(5-6-12(11)19-15)18-16(22)14-4-2-8-24-14/h2,4-6,8-9,13H,1,3,7H2,(H,18,22)(H,19,21). The van der Waals surface area contributed by atoms with Gasteiger partial charge in [-0.1, -0.05) is 0 Å². The van der Waals surface area contributed by atoms with Gasteiger partial charge in [-0.15, -0.1) is 0 Å². The molecular formula is C17H15N3O4. The third kappa shape index (κ3) is 2.34. The van der Waals surface area contributed by atoms with E-state index in [1.165, 1.54) is 6.26 Å². The van der Waals surface area contributed by atoms with E-state index in [0.29, 0.717) is 29.9 Å². The molecule has 1 fully saturated rings. The maximum atomic E-state index is 12.7. The Balaban J connectivity index is 1.65. The van der Waals surface area contributed by atoms with Crippen LogP contribution in [-0.4, -0.2) is 35.2 Å². The van der Waals surface area contributed by atoms with E-state index in [1.807, 2.05) is 0 Å². The number of furan rings is 1. The lowest BCUT2D eigenvalue weighted by atomic mass is 10.1. The molecular weight excluding hydrogens is 310 g/mol. The molecule has 2 aromatic rings. The lowest BCUT2D eigenvalue weighted by molar-refractivity contribution is -0.119. The van der Waals surface area contributed by atoms with Crippen LogP contribution in [0.25, 0.3) is 0 Å². The van der Waals surface area contributed by atoms with Gasteiger partial charge in [0.15, 0.2) is 5.76 Å². The van der Waals surface area contributed by atoms with Crippen molar-refractivity contribution in [3.63, 3.8) is 0 Å². The summed E-state index contributed by atoms with van der Waals surface area (Å²) in [5.41, 5.74) is 1.32. The fraction of sp³-hybridized carbons (Fsp3) is 0.235. The van der Waals surface area contributed by atoms with E-state index in [4.69, 9.17) is 4.42 Å². The summed E-state index contributed by atoms with van der Waals surface area (Å²) in [6.07, 6.45) is 2.90. The van der Waals surface area contributed by atoms with Crippen LogP contribution in [0.3, 0.4) is 0 Å². The summed E-state index contributed by atoms with van der Waals surface area (Å²) in [6, 6.07) is 7.62. The van der Waals surface area contributed by atoms with Crippen molar-refractivity contribution in [2.75, 3.05) is 17.2 Å². The van der Waals surface area contributed by atoms with Crippen LogP contribution in [0.2, 0.25) is 0 Å². The summed E-state index contributed by atoms with van der Waals surface area (Å²) in [5, 5.41) is 5.49. The predicted octanol–water partition coefficient (Wildman–Crippen LogP) is 2.09. The number of amides is 3. The highest BCUT2D eigenvalue weighted by Crippen LogP contribution is 2.30. The first-order valence-electron chi connectivity index (χ1n) is 7.74. The van der Waals surface area contributed by atoms with Gasteiger partial charge in [0.1, 0.15) is 6.04 Å². The smallest absolute Gasteiger partial charge is 0.291 e. The van der Waals surface area contributed by atoms with E-state index < -0.39 is 11.9 Å². The fourth-order valence-corrected chi connectivity index (χ4v) is 3.16. The number of hydrogen-bond donors (Lipinski definition) is 2. The molecule has 0 aliphatic carbocycles. The van der Waals surface area contributed by atoms with Gasteiger partial charge in [-0.25, -0.2) is 0 Å². The maximum Gasteiger partial charge on any atom is 0.291 e. The SMILES string of the molecule is O=C(Nc1ccc2c(c1)C(=O)N1CCCC1C(=O)N2)c1ccco1. The Morgan fingerprint density at radius 3 is 2.96 bits per heavy atom. The van der Waals surface area contributed by atoms with E-state index in [9.17, 15) is 14.4 Å². The molecule has 1 aromatic carbocycles. The van der Waals surface area contributed by atoms with Crippen LogP contribution in [-0.2, 0) is 4.79 Å². The van der Waals surface area contributed by atoms with E-state index in [-0.39, 0.29) is 17.6 Å². The number of carbonyl (C=O) groups is 3. The first-order chi connectivity index (χ1) is 11.6. The van der Waals surface area contributed by atoms with Crippen molar-refractivity contribution in [3.05, 3.63) is 47.9 Å². The fourth-order valence-electron chi connectivity index (χ4n) is 3.16. The van der Waals surface area contributed by atoms with Gasteiger partial charge in [0, 0.05) is 12.2 Å². The van der Waals surface area contributed by atoms with Crippen LogP contribution >= 0.6 is 0 Å². The van der Waals surface area contributed by atoms with E-state index in [0.717, 1.165) is 6.42 Å². The average Bonchev–Trinajstić information content (AvgIpc) is 3.25. The minimum Gasteiger partial charge on any atom is -0.459 e. The van der Waals surface area contributed by atoms with Crippen LogP contribution in [0.4, 0.5) is 11.4 Å². The molecule has 0 radical (unpaired) electrons. The van der Waals surface area contributed by atoms with Crippen LogP contribution in [0, 0.1) is 0 Å². The molecule has 24 heavy (non-hydrogen) atoms. The molecule has 0 bridgehead atoms. The zero-order valence-electron chi connectivity index (χ0n) is 12.7. The van der Waals surface area contributed by atoms with Crippen LogP contribution in [0.15, 0.2) is 41.0 Å². The van der Waals surface area contributed by atoms with Crippen LogP contribution in [0.5, 0.6) is 0 Å². The van der Waals surface area contributed by atoms with Crippen molar-refractivity contribution in [1.29, 1.82) is 0 Å². The number of fused-ring (bicyclic) bond motifs is 2. The summed E-state index contributed by atoms with van der Waals surface area (Å²) >= 11 is 0. The van der Waals surface area contributed by atoms with E-state index in [2.05, 4.69) is 10.6 Å². The van der Waals surface area contributed by atoms with Crippen LogP contribution in [0.1, 0.15) is 33.8 Å². The number of rotatable bonds is 2. The molecule has 1 atom stereocenters. The summed E-state index contributed by atoms with van der Waals surface area (Å²) in [7, 11) is 0. The second-order valence-electron chi connectivity index (χ2n) is 5.84. The number of carbonyl (C=O) groups excluding carboxylic acids is 3.